The fraction of sp³-hybridized carbons (Fsp3) is 0.571. The van der Waals surface area contributed by atoms with Gasteiger partial charge in [0.15, 0.2) is 0 Å². The average molecular weight is 252 g/mol. The van der Waals surface area contributed by atoms with Crippen LogP contribution in [0, 0.1) is 0 Å². The molecule has 2 N–H and O–H groups in total. The van der Waals surface area contributed by atoms with Crippen molar-refractivity contribution in [3.05, 3.63) is 35.4 Å². The molecule has 0 atom stereocenters. The van der Waals surface area contributed by atoms with Gasteiger partial charge in [-0.05, 0) is 11.1 Å². The van der Waals surface area contributed by atoms with Crippen molar-refractivity contribution >= 4 is 0 Å². The Hall–Kier alpha value is -0.940. The van der Waals surface area contributed by atoms with E-state index in [1.807, 2.05) is 0 Å². The minimum Gasteiger partial charge on any atom is -0.383 e. The van der Waals surface area contributed by atoms with Crippen LogP contribution >= 0.6 is 0 Å². The number of methoxy groups -OCH3 is 2. The Bertz CT molecular complexity index is 306. The molecule has 0 saturated heterocycles. The van der Waals surface area contributed by atoms with Gasteiger partial charge in [0, 0.05) is 40.4 Å². The van der Waals surface area contributed by atoms with Gasteiger partial charge in [-0.15, -0.1) is 0 Å². The maximum atomic E-state index is 5.59. The molecular formula is C14H24N2O2. The SMILES string of the molecule is COCCN(CCOC)Cc1ccc(CN)cc1. The van der Waals surface area contributed by atoms with Crippen molar-refractivity contribution < 1.29 is 9.47 Å². The van der Waals surface area contributed by atoms with E-state index >= 15 is 0 Å². The molecule has 0 aromatic heterocycles. The van der Waals surface area contributed by atoms with Crippen LogP contribution in [0.3, 0.4) is 0 Å². The molecule has 1 aromatic rings. The quantitative estimate of drug-likeness (QED) is 0.718. The summed E-state index contributed by atoms with van der Waals surface area (Å²) in [5.74, 6) is 0. The predicted octanol–water partition coefficient (Wildman–Crippen LogP) is 1.24. The number of hydrogen-bond donors (Lipinski definition) is 1. The number of benzene rings is 1. The van der Waals surface area contributed by atoms with Gasteiger partial charge in [-0.1, -0.05) is 24.3 Å². The molecule has 0 unspecified atom stereocenters. The van der Waals surface area contributed by atoms with E-state index in [9.17, 15) is 0 Å². The van der Waals surface area contributed by atoms with Crippen molar-refractivity contribution in [2.75, 3.05) is 40.5 Å². The fourth-order valence-corrected chi connectivity index (χ4v) is 1.75. The lowest BCUT2D eigenvalue weighted by atomic mass is 10.1. The second-order valence-corrected chi connectivity index (χ2v) is 4.28. The maximum absolute atomic E-state index is 5.59. The van der Waals surface area contributed by atoms with E-state index < -0.39 is 0 Å². The zero-order valence-corrected chi connectivity index (χ0v) is 11.4. The van der Waals surface area contributed by atoms with Crippen molar-refractivity contribution in [1.29, 1.82) is 0 Å². The van der Waals surface area contributed by atoms with Crippen molar-refractivity contribution in [1.82, 2.24) is 4.90 Å². The molecule has 4 heteroatoms. The molecule has 0 bridgehead atoms. The molecule has 0 aliphatic carbocycles. The second kappa shape index (κ2) is 9.05. The summed E-state index contributed by atoms with van der Waals surface area (Å²) in [5.41, 5.74) is 8.05. The molecule has 0 spiro atoms. The van der Waals surface area contributed by atoms with Crippen molar-refractivity contribution in [3.63, 3.8) is 0 Å². The first-order chi connectivity index (χ1) is 8.80. The van der Waals surface area contributed by atoms with Gasteiger partial charge < -0.3 is 15.2 Å². The van der Waals surface area contributed by atoms with Crippen molar-refractivity contribution in [2.24, 2.45) is 5.73 Å². The van der Waals surface area contributed by atoms with Crippen LogP contribution in [0.1, 0.15) is 11.1 Å². The van der Waals surface area contributed by atoms with Crippen LogP contribution in [0.15, 0.2) is 24.3 Å². The number of hydrogen-bond acceptors (Lipinski definition) is 4. The van der Waals surface area contributed by atoms with Crippen LogP contribution in [0.5, 0.6) is 0 Å². The van der Waals surface area contributed by atoms with E-state index in [1.54, 1.807) is 14.2 Å². The van der Waals surface area contributed by atoms with Gasteiger partial charge in [0.25, 0.3) is 0 Å². The van der Waals surface area contributed by atoms with E-state index in [0.29, 0.717) is 6.54 Å². The highest BCUT2D eigenvalue weighted by atomic mass is 16.5. The number of nitrogens with two attached hydrogens (primary N) is 1. The first kappa shape index (κ1) is 15.1. The lowest BCUT2D eigenvalue weighted by molar-refractivity contribution is 0.110. The van der Waals surface area contributed by atoms with Gasteiger partial charge in [0.05, 0.1) is 13.2 Å². The molecule has 18 heavy (non-hydrogen) atoms. The molecule has 4 nitrogen and oxygen atoms in total. The first-order valence-corrected chi connectivity index (χ1v) is 6.28. The van der Waals surface area contributed by atoms with Crippen LogP contribution in [0.25, 0.3) is 0 Å². The lowest BCUT2D eigenvalue weighted by Crippen LogP contribution is -2.30. The summed E-state index contributed by atoms with van der Waals surface area (Å²) in [6, 6.07) is 8.43. The van der Waals surface area contributed by atoms with Crippen LogP contribution in [-0.2, 0) is 22.6 Å². The Labute approximate surface area is 110 Å². The predicted molar refractivity (Wildman–Crippen MR) is 73.4 cm³/mol. The van der Waals surface area contributed by atoms with E-state index in [-0.39, 0.29) is 0 Å². The van der Waals surface area contributed by atoms with Crippen LogP contribution in [-0.4, -0.2) is 45.4 Å². The largest absolute Gasteiger partial charge is 0.383 e. The molecule has 1 aromatic carbocycles. The Morgan fingerprint density at radius 3 is 1.89 bits per heavy atom. The van der Waals surface area contributed by atoms with E-state index in [2.05, 4.69) is 29.2 Å². The van der Waals surface area contributed by atoms with E-state index in [4.69, 9.17) is 15.2 Å². The molecule has 0 heterocycles. The summed E-state index contributed by atoms with van der Waals surface area (Å²) in [5, 5.41) is 0. The zero-order valence-electron chi connectivity index (χ0n) is 11.4. The Morgan fingerprint density at radius 1 is 0.944 bits per heavy atom. The standard InChI is InChI=1S/C14H24N2O2/c1-17-9-7-16(8-10-18-2)12-14-5-3-13(11-15)4-6-14/h3-6H,7-12,15H2,1-2H3. The molecule has 0 radical (unpaired) electrons. The third kappa shape index (κ3) is 5.60. The molecule has 0 fully saturated rings. The fourth-order valence-electron chi connectivity index (χ4n) is 1.75. The minimum atomic E-state index is 0.595. The highest BCUT2D eigenvalue weighted by Gasteiger charge is 2.05. The van der Waals surface area contributed by atoms with Gasteiger partial charge in [0.2, 0.25) is 0 Å². The number of ether oxygens (including phenoxy) is 2. The van der Waals surface area contributed by atoms with Gasteiger partial charge in [-0.25, -0.2) is 0 Å². The highest BCUT2D eigenvalue weighted by molar-refractivity contribution is 5.22. The number of nitrogens with zero attached hydrogens (tertiary/aromatic N) is 1. The highest BCUT2D eigenvalue weighted by Crippen LogP contribution is 2.07. The first-order valence-electron chi connectivity index (χ1n) is 6.28. The topological polar surface area (TPSA) is 47.7 Å². The van der Waals surface area contributed by atoms with E-state index in [1.165, 1.54) is 11.1 Å². The molecule has 1 rings (SSSR count). The summed E-state index contributed by atoms with van der Waals surface area (Å²) in [4.78, 5) is 2.32. The summed E-state index contributed by atoms with van der Waals surface area (Å²) >= 11 is 0. The minimum absolute atomic E-state index is 0.595. The Kier molecular flexibility index (Phi) is 7.60. The lowest BCUT2D eigenvalue weighted by Gasteiger charge is -2.21. The second-order valence-electron chi connectivity index (χ2n) is 4.28. The van der Waals surface area contributed by atoms with Crippen LogP contribution < -0.4 is 5.73 Å². The third-order valence-corrected chi connectivity index (χ3v) is 2.89. The average Bonchev–Trinajstić information content (AvgIpc) is 2.42. The number of rotatable bonds is 9. The molecular weight excluding hydrogens is 228 g/mol. The van der Waals surface area contributed by atoms with E-state index in [0.717, 1.165) is 32.8 Å². The van der Waals surface area contributed by atoms with Gasteiger partial charge in [-0.3, -0.25) is 4.90 Å². The van der Waals surface area contributed by atoms with Crippen molar-refractivity contribution in [3.8, 4) is 0 Å². The maximum Gasteiger partial charge on any atom is 0.0589 e. The smallest absolute Gasteiger partial charge is 0.0589 e. The van der Waals surface area contributed by atoms with Crippen LogP contribution in [0.2, 0.25) is 0 Å². The summed E-state index contributed by atoms with van der Waals surface area (Å²) < 4.78 is 10.3. The summed E-state index contributed by atoms with van der Waals surface area (Å²) in [7, 11) is 3.45. The third-order valence-electron chi connectivity index (χ3n) is 2.89. The van der Waals surface area contributed by atoms with Crippen LogP contribution in [0.4, 0.5) is 0 Å². The summed E-state index contributed by atoms with van der Waals surface area (Å²) in [6.45, 7) is 4.82. The van der Waals surface area contributed by atoms with Gasteiger partial charge >= 0.3 is 0 Å². The zero-order chi connectivity index (χ0) is 13.2. The normalized spacial score (nSPS) is 11.1. The molecule has 0 saturated carbocycles. The monoisotopic (exact) mass is 252 g/mol. The summed E-state index contributed by atoms with van der Waals surface area (Å²) in [6.07, 6.45) is 0. The molecule has 0 amide bonds. The van der Waals surface area contributed by atoms with Gasteiger partial charge in [-0.2, -0.15) is 0 Å². The molecule has 0 aliphatic heterocycles. The van der Waals surface area contributed by atoms with Crippen molar-refractivity contribution in [2.45, 2.75) is 13.1 Å². The Morgan fingerprint density at radius 2 is 1.44 bits per heavy atom. The molecule has 0 aliphatic rings. The molecule has 102 valence electrons. The Balaban J connectivity index is 2.51. The van der Waals surface area contributed by atoms with Gasteiger partial charge in [0.1, 0.15) is 0 Å².